The van der Waals surface area contributed by atoms with Gasteiger partial charge in [0.1, 0.15) is 0 Å². The van der Waals surface area contributed by atoms with Crippen LogP contribution in [-0.2, 0) is 11.8 Å². The predicted octanol–water partition coefficient (Wildman–Crippen LogP) is 4.25. The Morgan fingerprint density at radius 2 is 1.94 bits per heavy atom. The van der Waals surface area contributed by atoms with E-state index in [4.69, 9.17) is 0 Å². The number of alkyl halides is 1. The smallest absolute Gasteiger partial charge is 0.0689 e. The highest BCUT2D eigenvalue weighted by molar-refractivity contribution is 9.08. The van der Waals surface area contributed by atoms with Crippen LogP contribution in [0.3, 0.4) is 0 Å². The maximum Gasteiger partial charge on any atom is 0.0689 e. The fraction of sp³-hybridized carbons (Fsp3) is 0.400. The Morgan fingerprint density at radius 3 is 2.50 bits per heavy atom. The van der Waals surface area contributed by atoms with Crippen LogP contribution in [-0.4, -0.2) is 9.78 Å². The van der Waals surface area contributed by atoms with Gasteiger partial charge in [0.05, 0.1) is 11.4 Å². The van der Waals surface area contributed by atoms with Crippen LogP contribution in [0.1, 0.15) is 35.0 Å². The Morgan fingerprint density at radius 1 is 1.22 bits per heavy atom. The van der Waals surface area contributed by atoms with E-state index in [1.165, 1.54) is 28.1 Å². The minimum absolute atomic E-state index is 0.851. The molecule has 1 aromatic carbocycles. The molecular weight excluding hydrogens is 288 g/mol. The third-order valence-corrected chi connectivity index (χ3v) is 4.01. The molecule has 0 spiro atoms. The Kier molecular flexibility index (Phi) is 3.91. The normalized spacial score (nSPS) is 10.9. The molecule has 18 heavy (non-hydrogen) atoms. The molecule has 0 fully saturated rings. The topological polar surface area (TPSA) is 17.8 Å². The maximum atomic E-state index is 4.69. The highest BCUT2D eigenvalue weighted by Crippen LogP contribution is 2.23. The lowest BCUT2D eigenvalue weighted by molar-refractivity contribution is 0.825. The van der Waals surface area contributed by atoms with E-state index >= 15 is 0 Å². The first-order chi connectivity index (χ1) is 8.58. The van der Waals surface area contributed by atoms with Gasteiger partial charge < -0.3 is 0 Å². The first-order valence-corrected chi connectivity index (χ1v) is 7.41. The van der Waals surface area contributed by atoms with Crippen molar-refractivity contribution in [2.75, 3.05) is 0 Å². The Labute approximate surface area is 117 Å². The molecule has 0 radical (unpaired) electrons. The lowest BCUT2D eigenvalue weighted by Gasteiger charge is -2.10. The summed E-state index contributed by atoms with van der Waals surface area (Å²) in [5.74, 6) is 0. The van der Waals surface area contributed by atoms with Gasteiger partial charge in [0.25, 0.3) is 0 Å². The van der Waals surface area contributed by atoms with Crippen molar-refractivity contribution in [3.8, 4) is 5.69 Å². The summed E-state index contributed by atoms with van der Waals surface area (Å²) in [6.07, 6.45) is 1.03. The highest BCUT2D eigenvalue weighted by Gasteiger charge is 2.13. The average Bonchev–Trinajstić information content (AvgIpc) is 2.64. The molecule has 0 unspecified atom stereocenters. The zero-order chi connectivity index (χ0) is 13.3. The van der Waals surface area contributed by atoms with E-state index < -0.39 is 0 Å². The summed E-state index contributed by atoms with van der Waals surface area (Å²) in [4.78, 5) is 0. The molecule has 0 bridgehead atoms. The van der Waals surface area contributed by atoms with Gasteiger partial charge in [-0.1, -0.05) is 40.5 Å². The lowest BCUT2D eigenvalue weighted by Crippen LogP contribution is -2.03. The summed E-state index contributed by atoms with van der Waals surface area (Å²) in [5, 5.41) is 5.54. The van der Waals surface area contributed by atoms with Crippen LogP contribution >= 0.6 is 15.9 Å². The molecule has 0 saturated carbocycles. The van der Waals surface area contributed by atoms with Crippen molar-refractivity contribution in [1.29, 1.82) is 0 Å². The zero-order valence-electron chi connectivity index (χ0n) is 11.4. The SMILES string of the molecule is CCc1c(C)nn(-c2ccc(C)cc2CBr)c1C. The summed E-state index contributed by atoms with van der Waals surface area (Å²) < 4.78 is 2.07. The summed E-state index contributed by atoms with van der Waals surface area (Å²) in [6, 6.07) is 6.51. The van der Waals surface area contributed by atoms with E-state index in [0.29, 0.717) is 0 Å². The fourth-order valence-corrected chi connectivity index (χ4v) is 2.90. The molecule has 2 rings (SSSR count). The standard InChI is InChI=1S/C15H19BrN2/c1-5-14-11(3)17-18(12(14)4)15-7-6-10(2)8-13(15)9-16/h6-8H,5,9H2,1-4H3. The van der Waals surface area contributed by atoms with Gasteiger partial charge in [0.15, 0.2) is 0 Å². The second-order valence-corrected chi connectivity index (χ2v) is 5.24. The van der Waals surface area contributed by atoms with Gasteiger partial charge in [0, 0.05) is 11.0 Å². The van der Waals surface area contributed by atoms with Gasteiger partial charge >= 0.3 is 0 Å². The molecule has 0 aliphatic heterocycles. The Hall–Kier alpha value is -1.09. The van der Waals surface area contributed by atoms with Crippen molar-refractivity contribution in [1.82, 2.24) is 9.78 Å². The molecule has 0 saturated heterocycles. The van der Waals surface area contributed by atoms with E-state index in [-0.39, 0.29) is 0 Å². The van der Waals surface area contributed by atoms with Crippen molar-refractivity contribution >= 4 is 15.9 Å². The van der Waals surface area contributed by atoms with Crippen LogP contribution in [0.4, 0.5) is 0 Å². The van der Waals surface area contributed by atoms with E-state index in [9.17, 15) is 0 Å². The molecule has 0 atom stereocenters. The first kappa shape index (κ1) is 13.3. The number of rotatable bonds is 3. The second-order valence-electron chi connectivity index (χ2n) is 4.68. The van der Waals surface area contributed by atoms with E-state index in [2.05, 4.69) is 71.6 Å². The number of halogens is 1. The molecule has 0 aliphatic carbocycles. The van der Waals surface area contributed by atoms with Crippen LogP contribution in [0.5, 0.6) is 0 Å². The number of hydrogen-bond donors (Lipinski definition) is 0. The molecule has 2 aromatic rings. The van der Waals surface area contributed by atoms with Gasteiger partial charge in [-0.3, -0.25) is 0 Å². The summed E-state index contributed by atoms with van der Waals surface area (Å²) >= 11 is 3.57. The molecule has 0 aliphatic rings. The third kappa shape index (κ3) is 2.24. The van der Waals surface area contributed by atoms with E-state index in [1.54, 1.807) is 0 Å². The van der Waals surface area contributed by atoms with Crippen molar-refractivity contribution < 1.29 is 0 Å². The average molecular weight is 307 g/mol. The number of aryl methyl sites for hydroxylation is 2. The molecule has 96 valence electrons. The molecule has 2 nitrogen and oxygen atoms in total. The molecule has 1 aromatic heterocycles. The fourth-order valence-electron chi connectivity index (χ4n) is 2.45. The van der Waals surface area contributed by atoms with Gasteiger partial charge in [-0.2, -0.15) is 5.10 Å². The van der Waals surface area contributed by atoms with Crippen LogP contribution in [0.15, 0.2) is 18.2 Å². The van der Waals surface area contributed by atoms with Crippen molar-refractivity contribution in [2.24, 2.45) is 0 Å². The Bertz CT molecular complexity index is 570. The van der Waals surface area contributed by atoms with Crippen LogP contribution < -0.4 is 0 Å². The number of benzene rings is 1. The van der Waals surface area contributed by atoms with Gasteiger partial charge in [-0.15, -0.1) is 0 Å². The lowest BCUT2D eigenvalue weighted by atomic mass is 10.1. The maximum absolute atomic E-state index is 4.69. The predicted molar refractivity (Wildman–Crippen MR) is 79.8 cm³/mol. The quantitative estimate of drug-likeness (QED) is 0.775. The minimum atomic E-state index is 0.851. The molecule has 3 heteroatoms. The van der Waals surface area contributed by atoms with Gasteiger partial charge in [-0.25, -0.2) is 4.68 Å². The van der Waals surface area contributed by atoms with E-state index in [1.807, 2.05) is 0 Å². The van der Waals surface area contributed by atoms with Crippen LogP contribution in [0, 0.1) is 20.8 Å². The monoisotopic (exact) mass is 306 g/mol. The highest BCUT2D eigenvalue weighted by atomic mass is 79.9. The van der Waals surface area contributed by atoms with Gasteiger partial charge in [-0.05, 0) is 44.4 Å². The number of aromatic nitrogens is 2. The van der Waals surface area contributed by atoms with Gasteiger partial charge in [0.2, 0.25) is 0 Å². The van der Waals surface area contributed by atoms with Crippen LogP contribution in [0.25, 0.3) is 5.69 Å². The van der Waals surface area contributed by atoms with E-state index in [0.717, 1.165) is 17.4 Å². The van der Waals surface area contributed by atoms with Crippen molar-refractivity contribution in [3.05, 3.63) is 46.3 Å². The molecular formula is C15H19BrN2. The Balaban J connectivity index is 2.62. The molecule has 1 heterocycles. The largest absolute Gasteiger partial charge is 0.237 e. The minimum Gasteiger partial charge on any atom is -0.237 e. The van der Waals surface area contributed by atoms with Crippen molar-refractivity contribution in [2.45, 2.75) is 39.4 Å². The summed E-state index contributed by atoms with van der Waals surface area (Å²) in [7, 11) is 0. The molecule has 0 N–H and O–H groups in total. The second kappa shape index (κ2) is 5.27. The van der Waals surface area contributed by atoms with Crippen molar-refractivity contribution in [3.63, 3.8) is 0 Å². The molecule has 0 amide bonds. The number of hydrogen-bond acceptors (Lipinski definition) is 1. The first-order valence-electron chi connectivity index (χ1n) is 6.29. The summed E-state index contributed by atoms with van der Waals surface area (Å²) in [6.45, 7) is 8.54. The van der Waals surface area contributed by atoms with Crippen LogP contribution in [0.2, 0.25) is 0 Å². The summed E-state index contributed by atoms with van der Waals surface area (Å²) in [5.41, 5.74) is 7.49. The zero-order valence-corrected chi connectivity index (χ0v) is 13.0. The number of nitrogens with zero attached hydrogens (tertiary/aromatic N) is 2. The third-order valence-electron chi connectivity index (χ3n) is 3.40.